The fraction of sp³-hybridized carbons (Fsp3) is 0.625. The van der Waals surface area contributed by atoms with Crippen molar-refractivity contribution in [1.82, 2.24) is 9.80 Å². The summed E-state index contributed by atoms with van der Waals surface area (Å²) in [6.45, 7) is 8.84. The molecule has 0 N–H and O–H groups in total. The number of hydrogen-bond acceptors (Lipinski definition) is 2. The summed E-state index contributed by atoms with van der Waals surface area (Å²) < 4.78 is 26.7. The van der Waals surface area contributed by atoms with Gasteiger partial charge in [-0.05, 0) is 26.3 Å². The highest BCUT2D eigenvalue weighted by Gasteiger charge is 2.36. The first-order valence-electron chi connectivity index (χ1n) is 7.19. The Bertz CT molecular complexity index is 414. The molecule has 1 unspecified atom stereocenters. The maximum Gasteiger partial charge on any atom is 0.255 e. The Labute approximate surface area is 120 Å². The van der Waals surface area contributed by atoms with Crippen LogP contribution < -0.4 is 0 Å². The van der Waals surface area contributed by atoms with E-state index in [1.165, 1.54) is 0 Å². The fourth-order valence-electron chi connectivity index (χ4n) is 2.71. The van der Waals surface area contributed by atoms with Crippen molar-refractivity contribution in [3.05, 3.63) is 35.9 Å². The van der Waals surface area contributed by atoms with Gasteiger partial charge in [-0.1, -0.05) is 30.3 Å². The van der Waals surface area contributed by atoms with Gasteiger partial charge in [-0.3, -0.25) is 9.80 Å². The number of piperazine rings is 1. The van der Waals surface area contributed by atoms with Crippen LogP contribution >= 0.6 is 0 Å². The van der Waals surface area contributed by atoms with Crippen LogP contribution in [0.3, 0.4) is 0 Å². The molecule has 1 aliphatic rings. The topological polar surface area (TPSA) is 6.48 Å². The summed E-state index contributed by atoms with van der Waals surface area (Å²) in [4.78, 5) is 4.08. The van der Waals surface area contributed by atoms with Gasteiger partial charge in [-0.15, -0.1) is 0 Å². The molecule has 1 atom stereocenters. The third-order valence-corrected chi connectivity index (χ3v) is 4.00. The summed E-state index contributed by atoms with van der Waals surface area (Å²) in [5.41, 5.74) is 1.05. The van der Waals surface area contributed by atoms with E-state index in [1.54, 1.807) is 0 Å². The number of hydrogen-bond donors (Lipinski definition) is 0. The van der Waals surface area contributed by atoms with Crippen LogP contribution in [0.15, 0.2) is 30.3 Å². The van der Waals surface area contributed by atoms with Crippen LogP contribution in [0, 0.1) is 0 Å². The number of alkyl halides is 2. The van der Waals surface area contributed by atoms with E-state index in [0.29, 0.717) is 19.6 Å². The van der Waals surface area contributed by atoms with E-state index in [1.807, 2.05) is 35.2 Å². The molecule has 4 heteroatoms. The highest BCUT2D eigenvalue weighted by atomic mass is 19.3. The lowest BCUT2D eigenvalue weighted by Gasteiger charge is -2.46. The first kappa shape index (κ1) is 15.4. The minimum Gasteiger partial charge on any atom is -0.295 e. The molecule has 2 nitrogen and oxygen atoms in total. The molecular formula is C16H24F2N2. The van der Waals surface area contributed by atoms with Crippen LogP contribution in [0.1, 0.15) is 26.3 Å². The molecule has 0 spiro atoms. The summed E-state index contributed by atoms with van der Waals surface area (Å²) in [6, 6.07) is 9.18. The Morgan fingerprint density at radius 1 is 1.15 bits per heavy atom. The van der Waals surface area contributed by atoms with Gasteiger partial charge < -0.3 is 0 Å². The zero-order valence-electron chi connectivity index (χ0n) is 12.5. The van der Waals surface area contributed by atoms with Gasteiger partial charge in [0.15, 0.2) is 0 Å². The number of nitrogens with zero attached hydrogens (tertiary/aromatic N) is 2. The Balaban J connectivity index is 2.06. The summed E-state index contributed by atoms with van der Waals surface area (Å²) in [7, 11) is 0. The van der Waals surface area contributed by atoms with Gasteiger partial charge in [0.25, 0.3) is 6.43 Å². The molecule has 0 radical (unpaired) electrons. The minimum absolute atomic E-state index is 0.0496. The van der Waals surface area contributed by atoms with Crippen molar-refractivity contribution in [2.45, 2.75) is 45.3 Å². The second kappa shape index (κ2) is 6.19. The van der Waals surface area contributed by atoms with Crippen LogP contribution in [0.5, 0.6) is 0 Å². The van der Waals surface area contributed by atoms with Crippen LogP contribution in [0.4, 0.5) is 8.78 Å². The molecule has 1 fully saturated rings. The molecule has 20 heavy (non-hydrogen) atoms. The molecule has 0 aromatic heterocycles. The summed E-state index contributed by atoms with van der Waals surface area (Å²) in [5.74, 6) is 0. The fourth-order valence-corrected chi connectivity index (χ4v) is 2.71. The zero-order chi connectivity index (χ0) is 14.8. The normalized spacial score (nSPS) is 22.4. The predicted octanol–water partition coefficient (Wildman–Crippen LogP) is 3.24. The first-order valence-corrected chi connectivity index (χ1v) is 7.19. The molecule has 0 aliphatic carbocycles. The molecule has 1 aromatic carbocycles. The van der Waals surface area contributed by atoms with E-state index < -0.39 is 12.5 Å². The Morgan fingerprint density at radius 3 is 2.35 bits per heavy atom. The Kier molecular flexibility index (Phi) is 4.76. The quantitative estimate of drug-likeness (QED) is 0.840. The predicted molar refractivity (Wildman–Crippen MR) is 78.0 cm³/mol. The van der Waals surface area contributed by atoms with Gasteiger partial charge in [0.1, 0.15) is 0 Å². The number of halogens is 2. The highest BCUT2D eigenvalue weighted by Crippen LogP contribution is 2.24. The molecule has 2 rings (SSSR count). The summed E-state index contributed by atoms with van der Waals surface area (Å²) in [6.07, 6.45) is -2.30. The van der Waals surface area contributed by atoms with Gasteiger partial charge >= 0.3 is 0 Å². The summed E-state index contributed by atoms with van der Waals surface area (Å²) >= 11 is 0. The van der Waals surface area contributed by atoms with E-state index in [2.05, 4.69) is 25.7 Å². The molecule has 1 aliphatic heterocycles. The van der Waals surface area contributed by atoms with Gasteiger partial charge in [0.2, 0.25) is 0 Å². The smallest absolute Gasteiger partial charge is 0.255 e. The lowest BCUT2D eigenvalue weighted by molar-refractivity contribution is -0.0502. The van der Waals surface area contributed by atoms with Crippen molar-refractivity contribution in [2.75, 3.05) is 19.6 Å². The SMILES string of the molecule is CC(C)(C)N1CCN(Cc2ccccc2)C(C(F)F)C1. The van der Waals surface area contributed by atoms with Crippen molar-refractivity contribution in [3.63, 3.8) is 0 Å². The Hall–Kier alpha value is -1.00. The second-order valence-corrected chi connectivity index (χ2v) is 6.47. The molecule has 0 saturated carbocycles. The summed E-state index contributed by atoms with van der Waals surface area (Å²) in [5, 5.41) is 0. The van der Waals surface area contributed by atoms with Crippen molar-refractivity contribution in [1.29, 1.82) is 0 Å². The van der Waals surface area contributed by atoms with Crippen molar-refractivity contribution < 1.29 is 8.78 Å². The molecule has 1 heterocycles. The average Bonchev–Trinajstić information content (AvgIpc) is 2.38. The van der Waals surface area contributed by atoms with Crippen LogP contribution in [0.25, 0.3) is 0 Å². The second-order valence-electron chi connectivity index (χ2n) is 6.47. The van der Waals surface area contributed by atoms with E-state index >= 15 is 0 Å². The highest BCUT2D eigenvalue weighted by molar-refractivity contribution is 5.15. The van der Waals surface area contributed by atoms with E-state index in [4.69, 9.17) is 0 Å². The zero-order valence-corrected chi connectivity index (χ0v) is 12.5. The van der Waals surface area contributed by atoms with Gasteiger partial charge in [-0.2, -0.15) is 0 Å². The molecular weight excluding hydrogens is 258 g/mol. The maximum atomic E-state index is 13.4. The monoisotopic (exact) mass is 282 g/mol. The number of benzene rings is 1. The molecule has 1 aromatic rings. The van der Waals surface area contributed by atoms with Gasteiger partial charge in [-0.25, -0.2) is 8.78 Å². The maximum absolute atomic E-state index is 13.4. The molecule has 112 valence electrons. The third-order valence-electron chi connectivity index (χ3n) is 4.00. The van der Waals surface area contributed by atoms with Crippen LogP contribution in [-0.4, -0.2) is 47.4 Å². The Morgan fingerprint density at radius 2 is 1.80 bits per heavy atom. The third kappa shape index (κ3) is 3.76. The van der Waals surface area contributed by atoms with E-state index in [0.717, 1.165) is 12.1 Å². The molecule has 0 amide bonds. The minimum atomic E-state index is -2.30. The standard InChI is InChI=1S/C16H24F2N2/c1-16(2,3)20-10-9-19(14(12-20)15(17)18)11-13-7-5-4-6-8-13/h4-8,14-15H,9-12H2,1-3H3. The molecule has 1 saturated heterocycles. The van der Waals surface area contributed by atoms with Crippen LogP contribution in [0.2, 0.25) is 0 Å². The van der Waals surface area contributed by atoms with E-state index in [-0.39, 0.29) is 5.54 Å². The van der Waals surface area contributed by atoms with E-state index in [9.17, 15) is 8.78 Å². The van der Waals surface area contributed by atoms with Crippen molar-refractivity contribution in [2.24, 2.45) is 0 Å². The van der Waals surface area contributed by atoms with Crippen molar-refractivity contribution >= 4 is 0 Å². The molecule has 0 bridgehead atoms. The number of rotatable bonds is 3. The average molecular weight is 282 g/mol. The van der Waals surface area contributed by atoms with Gasteiger partial charge in [0, 0.05) is 31.7 Å². The lowest BCUT2D eigenvalue weighted by Crippen LogP contribution is -2.59. The van der Waals surface area contributed by atoms with Gasteiger partial charge in [0.05, 0.1) is 6.04 Å². The van der Waals surface area contributed by atoms with Crippen molar-refractivity contribution in [3.8, 4) is 0 Å². The largest absolute Gasteiger partial charge is 0.295 e. The first-order chi connectivity index (χ1) is 9.38. The van der Waals surface area contributed by atoms with Crippen LogP contribution in [-0.2, 0) is 6.54 Å². The lowest BCUT2D eigenvalue weighted by atomic mass is 10.0.